The van der Waals surface area contributed by atoms with Crippen LogP contribution >= 0.6 is 11.6 Å². The van der Waals surface area contributed by atoms with E-state index in [0.29, 0.717) is 13.1 Å². The van der Waals surface area contributed by atoms with Crippen LogP contribution in [0, 0.1) is 0 Å². The summed E-state index contributed by atoms with van der Waals surface area (Å²) in [6.45, 7) is 1.12. The number of aromatic nitrogens is 2. The number of rotatable bonds is 1. The summed E-state index contributed by atoms with van der Waals surface area (Å²) in [6.07, 6.45) is 2.63. The Bertz CT molecular complexity index is 448. The van der Waals surface area contributed by atoms with E-state index in [1.807, 2.05) is 0 Å². The number of hydrogen-bond donors (Lipinski definition) is 0. The average molecular weight is 255 g/mol. The van der Waals surface area contributed by atoms with Gasteiger partial charge in [0.05, 0.1) is 12.4 Å². The SMILES string of the molecule is CN1CCN(C(=O)c2cnc(Cl)cn2)CC1=O. The van der Waals surface area contributed by atoms with Crippen molar-refractivity contribution in [3.8, 4) is 0 Å². The Balaban J connectivity index is 2.10. The molecule has 0 unspecified atom stereocenters. The van der Waals surface area contributed by atoms with E-state index in [9.17, 15) is 9.59 Å². The third kappa shape index (κ3) is 2.52. The largest absolute Gasteiger partial charge is 0.342 e. The van der Waals surface area contributed by atoms with Crippen molar-refractivity contribution in [1.29, 1.82) is 0 Å². The number of likely N-dealkylation sites (N-methyl/N-ethyl adjacent to an activating group) is 1. The molecule has 1 aromatic heterocycles. The van der Waals surface area contributed by atoms with Gasteiger partial charge in [-0.25, -0.2) is 9.97 Å². The molecule has 0 aliphatic carbocycles. The highest BCUT2D eigenvalue weighted by atomic mass is 35.5. The molecule has 0 spiro atoms. The van der Waals surface area contributed by atoms with Crippen LogP contribution in [0.4, 0.5) is 0 Å². The molecule has 1 fully saturated rings. The van der Waals surface area contributed by atoms with Gasteiger partial charge in [0, 0.05) is 20.1 Å². The maximum Gasteiger partial charge on any atom is 0.274 e. The average Bonchev–Trinajstić information content (AvgIpc) is 2.33. The van der Waals surface area contributed by atoms with E-state index < -0.39 is 0 Å². The number of carbonyl (C=O) groups excluding carboxylic acids is 2. The zero-order valence-electron chi connectivity index (χ0n) is 9.26. The summed E-state index contributed by atoms with van der Waals surface area (Å²) in [5, 5.41) is 0.232. The van der Waals surface area contributed by atoms with Crippen LogP contribution in [0.3, 0.4) is 0 Å². The van der Waals surface area contributed by atoms with Gasteiger partial charge in [0.1, 0.15) is 17.4 Å². The van der Waals surface area contributed by atoms with E-state index in [1.165, 1.54) is 17.3 Å². The molecule has 6 nitrogen and oxygen atoms in total. The fraction of sp³-hybridized carbons (Fsp3) is 0.400. The molecule has 0 N–H and O–H groups in total. The molecule has 7 heteroatoms. The summed E-state index contributed by atoms with van der Waals surface area (Å²) < 4.78 is 0. The number of halogens is 1. The van der Waals surface area contributed by atoms with Crippen LogP contribution in [0.25, 0.3) is 0 Å². The summed E-state index contributed by atoms with van der Waals surface area (Å²) in [5.41, 5.74) is 0.201. The molecule has 17 heavy (non-hydrogen) atoms. The number of piperazine rings is 1. The molecule has 1 aliphatic heterocycles. The van der Waals surface area contributed by atoms with Crippen LogP contribution in [0.1, 0.15) is 10.5 Å². The molecule has 0 radical (unpaired) electrons. The highest BCUT2D eigenvalue weighted by molar-refractivity contribution is 6.29. The second-order valence-corrected chi connectivity index (χ2v) is 4.15. The van der Waals surface area contributed by atoms with Gasteiger partial charge in [-0.1, -0.05) is 11.6 Å². The summed E-state index contributed by atoms with van der Waals surface area (Å²) in [7, 11) is 1.71. The third-order valence-corrected chi connectivity index (χ3v) is 2.78. The van der Waals surface area contributed by atoms with Crippen molar-refractivity contribution in [3.05, 3.63) is 23.2 Å². The second kappa shape index (κ2) is 4.67. The Morgan fingerprint density at radius 1 is 1.35 bits per heavy atom. The van der Waals surface area contributed by atoms with Gasteiger partial charge in [0.2, 0.25) is 5.91 Å². The fourth-order valence-electron chi connectivity index (χ4n) is 1.52. The third-order valence-electron chi connectivity index (χ3n) is 2.58. The minimum absolute atomic E-state index is 0.0773. The van der Waals surface area contributed by atoms with E-state index in [1.54, 1.807) is 11.9 Å². The quantitative estimate of drug-likeness (QED) is 0.710. The molecule has 90 valence electrons. The van der Waals surface area contributed by atoms with Crippen molar-refractivity contribution < 1.29 is 9.59 Å². The highest BCUT2D eigenvalue weighted by Crippen LogP contribution is 2.07. The monoisotopic (exact) mass is 254 g/mol. The number of amides is 2. The molecular formula is C10H11ClN4O2. The molecule has 0 bridgehead atoms. The van der Waals surface area contributed by atoms with Gasteiger partial charge in [-0.15, -0.1) is 0 Å². The van der Waals surface area contributed by atoms with Crippen LogP contribution in [-0.2, 0) is 4.79 Å². The lowest BCUT2D eigenvalue weighted by Gasteiger charge is -2.31. The van der Waals surface area contributed by atoms with Gasteiger partial charge >= 0.3 is 0 Å². The molecule has 2 rings (SSSR count). The fourth-order valence-corrected chi connectivity index (χ4v) is 1.61. The zero-order valence-corrected chi connectivity index (χ0v) is 10.0. The first kappa shape index (κ1) is 11.8. The van der Waals surface area contributed by atoms with Gasteiger partial charge in [-0.3, -0.25) is 9.59 Å². The van der Waals surface area contributed by atoms with E-state index in [4.69, 9.17) is 11.6 Å². The Morgan fingerprint density at radius 3 is 2.71 bits per heavy atom. The lowest BCUT2D eigenvalue weighted by Crippen LogP contribution is -2.50. The molecule has 0 aromatic carbocycles. The first-order valence-corrected chi connectivity index (χ1v) is 5.46. The van der Waals surface area contributed by atoms with Gasteiger partial charge in [-0.05, 0) is 0 Å². The highest BCUT2D eigenvalue weighted by Gasteiger charge is 2.26. The van der Waals surface area contributed by atoms with Crippen LogP contribution in [-0.4, -0.2) is 58.3 Å². The maximum atomic E-state index is 12.0. The van der Waals surface area contributed by atoms with Crippen molar-refractivity contribution in [1.82, 2.24) is 19.8 Å². The molecular weight excluding hydrogens is 244 g/mol. The van der Waals surface area contributed by atoms with E-state index in [0.717, 1.165) is 0 Å². The number of nitrogens with zero attached hydrogens (tertiary/aromatic N) is 4. The van der Waals surface area contributed by atoms with E-state index in [-0.39, 0.29) is 29.2 Å². The molecule has 0 atom stereocenters. The molecule has 1 saturated heterocycles. The molecule has 0 saturated carbocycles. The number of carbonyl (C=O) groups is 2. The predicted molar refractivity (Wildman–Crippen MR) is 60.6 cm³/mol. The maximum absolute atomic E-state index is 12.0. The minimum atomic E-state index is -0.296. The van der Waals surface area contributed by atoms with Crippen molar-refractivity contribution in [2.24, 2.45) is 0 Å². The molecule has 2 heterocycles. The molecule has 1 aliphatic rings. The minimum Gasteiger partial charge on any atom is -0.342 e. The van der Waals surface area contributed by atoms with E-state index >= 15 is 0 Å². The number of hydrogen-bond acceptors (Lipinski definition) is 4. The Hall–Kier alpha value is -1.69. The predicted octanol–water partition coefficient (Wildman–Crippen LogP) is 0.0442. The van der Waals surface area contributed by atoms with Gasteiger partial charge < -0.3 is 9.80 Å². The van der Waals surface area contributed by atoms with Crippen LogP contribution < -0.4 is 0 Å². The lowest BCUT2D eigenvalue weighted by atomic mass is 10.3. The normalized spacial score (nSPS) is 16.2. The summed E-state index contributed by atoms with van der Waals surface area (Å²) in [6, 6.07) is 0. The van der Waals surface area contributed by atoms with Gasteiger partial charge in [-0.2, -0.15) is 0 Å². The zero-order chi connectivity index (χ0) is 12.4. The van der Waals surface area contributed by atoms with E-state index in [2.05, 4.69) is 9.97 Å². The second-order valence-electron chi connectivity index (χ2n) is 3.77. The first-order chi connectivity index (χ1) is 8.08. The van der Waals surface area contributed by atoms with Gasteiger partial charge in [0.25, 0.3) is 5.91 Å². The molecule has 1 aromatic rings. The standard InChI is InChI=1S/C10H11ClN4O2/c1-14-2-3-15(6-9(14)16)10(17)7-4-13-8(11)5-12-7/h4-5H,2-3,6H2,1H3. The van der Waals surface area contributed by atoms with Crippen LogP contribution in [0.5, 0.6) is 0 Å². The van der Waals surface area contributed by atoms with Crippen molar-refractivity contribution in [2.45, 2.75) is 0 Å². The summed E-state index contributed by atoms with van der Waals surface area (Å²) in [5.74, 6) is -0.373. The van der Waals surface area contributed by atoms with Crippen molar-refractivity contribution in [3.63, 3.8) is 0 Å². The Morgan fingerprint density at radius 2 is 2.12 bits per heavy atom. The topological polar surface area (TPSA) is 66.4 Å². The Labute approximate surface area is 103 Å². The summed E-state index contributed by atoms with van der Waals surface area (Å²) >= 11 is 5.59. The smallest absolute Gasteiger partial charge is 0.274 e. The van der Waals surface area contributed by atoms with Crippen molar-refractivity contribution in [2.75, 3.05) is 26.7 Å². The lowest BCUT2D eigenvalue weighted by molar-refractivity contribution is -0.133. The summed E-state index contributed by atoms with van der Waals surface area (Å²) in [4.78, 5) is 34.2. The Kier molecular flexibility index (Phi) is 3.23. The van der Waals surface area contributed by atoms with Crippen LogP contribution in [0.2, 0.25) is 5.15 Å². The van der Waals surface area contributed by atoms with Crippen molar-refractivity contribution >= 4 is 23.4 Å². The first-order valence-electron chi connectivity index (χ1n) is 5.08. The van der Waals surface area contributed by atoms with Gasteiger partial charge in [0.15, 0.2) is 0 Å². The molecule has 2 amide bonds. The van der Waals surface area contributed by atoms with Crippen LogP contribution in [0.15, 0.2) is 12.4 Å².